The van der Waals surface area contributed by atoms with Crippen molar-refractivity contribution < 1.29 is 4.79 Å². The second kappa shape index (κ2) is 8.96. The van der Waals surface area contributed by atoms with Gasteiger partial charge in [0.15, 0.2) is 0 Å². The van der Waals surface area contributed by atoms with Crippen LogP contribution in [0, 0.1) is 17.2 Å². The van der Waals surface area contributed by atoms with Crippen LogP contribution in [-0.4, -0.2) is 61.0 Å². The summed E-state index contributed by atoms with van der Waals surface area (Å²) in [4.78, 5) is 19.9. The number of nitrogens with zero attached hydrogens (tertiary/aromatic N) is 4. The fourth-order valence-corrected chi connectivity index (χ4v) is 5.12. The number of rotatable bonds is 4. The van der Waals surface area contributed by atoms with Gasteiger partial charge in [-0.25, -0.2) is 0 Å². The van der Waals surface area contributed by atoms with Gasteiger partial charge in [-0.1, -0.05) is 12.8 Å². The first-order valence-electron chi connectivity index (χ1n) is 11.0. The van der Waals surface area contributed by atoms with E-state index in [4.69, 9.17) is 5.26 Å². The molecule has 0 aromatic heterocycles. The maximum absolute atomic E-state index is 12.8. The predicted molar refractivity (Wildman–Crippen MR) is 111 cm³/mol. The first-order valence-corrected chi connectivity index (χ1v) is 11.0. The number of hydrogen-bond acceptors (Lipinski definition) is 4. The van der Waals surface area contributed by atoms with Crippen LogP contribution in [0.15, 0.2) is 24.3 Å². The smallest absolute Gasteiger partial charge is 0.222 e. The monoisotopic (exact) mass is 380 g/mol. The maximum atomic E-state index is 12.8. The third-order valence-corrected chi connectivity index (χ3v) is 6.95. The molecular formula is C23H32N4O. The number of nitriles is 1. The highest BCUT2D eigenvalue weighted by molar-refractivity contribution is 5.76. The standard InChI is InChI=1S/C23H32N4O/c24-18-20-5-7-22(8-6-20)25-11-9-19(10-12-25)17-23(28)27-15-13-26(14-16-27)21-3-1-2-4-21/h5-8,19,21H,1-4,9-17H2. The third kappa shape index (κ3) is 4.50. The molecule has 1 aromatic carbocycles. The molecule has 0 unspecified atom stereocenters. The molecular weight excluding hydrogens is 348 g/mol. The normalized spacial score (nSPS) is 22.4. The van der Waals surface area contributed by atoms with Gasteiger partial charge in [0.25, 0.3) is 0 Å². The largest absolute Gasteiger partial charge is 0.372 e. The minimum atomic E-state index is 0.364. The molecule has 1 amide bonds. The Morgan fingerprint density at radius 2 is 1.57 bits per heavy atom. The van der Waals surface area contributed by atoms with Gasteiger partial charge in [0.1, 0.15) is 0 Å². The minimum absolute atomic E-state index is 0.364. The van der Waals surface area contributed by atoms with E-state index >= 15 is 0 Å². The van der Waals surface area contributed by atoms with Crippen LogP contribution in [0.2, 0.25) is 0 Å². The number of amides is 1. The number of piperidine rings is 1. The van der Waals surface area contributed by atoms with Crippen molar-refractivity contribution in [1.82, 2.24) is 9.80 Å². The Kier molecular flexibility index (Phi) is 6.17. The molecule has 3 aliphatic rings. The van der Waals surface area contributed by atoms with Gasteiger partial charge < -0.3 is 9.80 Å². The van der Waals surface area contributed by atoms with Crippen molar-refractivity contribution >= 4 is 11.6 Å². The molecule has 2 aliphatic heterocycles. The van der Waals surface area contributed by atoms with Crippen LogP contribution in [-0.2, 0) is 4.79 Å². The first kappa shape index (κ1) is 19.3. The highest BCUT2D eigenvalue weighted by Crippen LogP contribution is 2.27. The molecule has 4 rings (SSSR count). The lowest BCUT2D eigenvalue weighted by Crippen LogP contribution is -2.51. The summed E-state index contributed by atoms with van der Waals surface area (Å²) >= 11 is 0. The summed E-state index contributed by atoms with van der Waals surface area (Å²) in [7, 11) is 0. The molecule has 0 radical (unpaired) electrons. The van der Waals surface area contributed by atoms with Crippen LogP contribution in [0.25, 0.3) is 0 Å². The zero-order chi connectivity index (χ0) is 19.3. The van der Waals surface area contributed by atoms with Crippen molar-refractivity contribution in [2.45, 2.75) is 51.0 Å². The van der Waals surface area contributed by atoms with E-state index in [0.717, 1.165) is 58.2 Å². The van der Waals surface area contributed by atoms with E-state index in [0.29, 0.717) is 23.8 Å². The van der Waals surface area contributed by atoms with Gasteiger partial charge in [-0.15, -0.1) is 0 Å². The molecule has 150 valence electrons. The molecule has 1 saturated carbocycles. The predicted octanol–water partition coefficient (Wildman–Crippen LogP) is 3.25. The lowest BCUT2D eigenvalue weighted by molar-refractivity contribution is -0.134. The van der Waals surface area contributed by atoms with Crippen molar-refractivity contribution in [2.24, 2.45) is 5.92 Å². The van der Waals surface area contributed by atoms with Gasteiger partial charge in [-0.3, -0.25) is 9.69 Å². The Balaban J connectivity index is 1.20. The highest BCUT2D eigenvalue weighted by atomic mass is 16.2. The fraction of sp³-hybridized carbons (Fsp3) is 0.652. The lowest BCUT2D eigenvalue weighted by atomic mass is 9.92. The fourth-order valence-electron chi connectivity index (χ4n) is 5.12. The molecule has 0 spiro atoms. The molecule has 0 bridgehead atoms. The van der Waals surface area contributed by atoms with Crippen LogP contribution >= 0.6 is 0 Å². The molecule has 28 heavy (non-hydrogen) atoms. The lowest BCUT2D eigenvalue weighted by Gasteiger charge is -2.39. The number of hydrogen-bond donors (Lipinski definition) is 0. The summed E-state index contributed by atoms with van der Waals surface area (Å²) in [5.74, 6) is 0.873. The van der Waals surface area contributed by atoms with Crippen molar-refractivity contribution in [3.05, 3.63) is 29.8 Å². The van der Waals surface area contributed by atoms with Gasteiger partial charge in [0, 0.05) is 57.4 Å². The second-order valence-corrected chi connectivity index (χ2v) is 8.65. The molecule has 1 aliphatic carbocycles. The van der Waals surface area contributed by atoms with E-state index in [1.807, 2.05) is 24.3 Å². The molecule has 1 aromatic rings. The SMILES string of the molecule is N#Cc1ccc(N2CCC(CC(=O)N3CCN(C4CCCC4)CC3)CC2)cc1. The van der Waals surface area contributed by atoms with E-state index in [1.54, 1.807) is 0 Å². The summed E-state index contributed by atoms with van der Waals surface area (Å²) in [5, 5.41) is 8.93. The van der Waals surface area contributed by atoms with Gasteiger partial charge in [0.2, 0.25) is 5.91 Å². The van der Waals surface area contributed by atoms with Gasteiger partial charge in [-0.05, 0) is 55.9 Å². The first-order chi connectivity index (χ1) is 13.7. The van der Waals surface area contributed by atoms with Crippen LogP contribution in [0.3, 0.4) is 0 Å². The highest BCUT2D eigenvalue weighted by Gasteiger charge is 2.29. The van der Waals surface area contributed by atoms with Crippen LogP contribution in [0.1, 0.15) is 50.5 Å². The third-order valence-electron chi connectivity index (χ3n) is 6.95. The average molecular weight is 381 g/mol. The van der Waals surface area contributed by atoms with Crippen LogP contribution in [0.5, 0.6) is 0 Å². The van der Waals surface area contributed by atoms with Gasteiger partial charge >= 0.3 is 0 Å². The number of carbonyl (C=O) groups is 1. The molecule has 0 atom stereocenters. The summed E-state index contributed by atoms with van der Waals surface area (Å²) in [6.45, 7) is 5.96. The summed E-state index contributed by atoms with van der Waals surface area (Å²) in [6, 6.07) is 10.8. The molecule has 3 fully saturated rings. The number of carbonyl (C=O) groups excluding carboxylic acids is 1. The van der Waals surface area contributed by atoms with Crippen molar-refractivity contribution in [1.29, 1.82) is 5.26 Å². The molecule has 2 saturated heterocycles. The quantitative estimate of drug-likeness (QED) is 0.805. The Bertz CT molecular complexity index is 688. The summed E-state index contributed by atoms with van der Waals surface area (Å²) < 4.78 is 0. The zero-order valence-corrected chi connectivity index (χ0v) is 16.9. The van der Waals surface area contributed by atoms with E-state index in [1.165, 1.54) is 31.4 Å². The summed E-state index contributed by atoms with van der Waals surface area (Å²) in [6.07, 6.45) is 8.33. The van der Waals surface area contributed by atoms with E-state index < -0.39 is 0 Å². The second-order valence-electron chi connectivity index (χ2n) is 8.65. The Hall–Kier alpha value is -2.06. The Labute approximate surface area is 168 Å². The molecule has 0 N–H and O–H groups in total. The Morgan fingerprint density at radius 1 is 0.929 bits per heavy atom. The topological polar surface area (TPSA) is 50.6 Å². The van der Waals surface area contributed by atoms with E-state index in [2.05, 4.69) is 20.8 Å². The average Bonchev–Trinajstić information content (AvgIpc) is 3.29. The van der Waals surface area contributed by atoms with Crippen molar-refractivity contribution in [3.8, 4) is 6.07 Å². The molecule has 5 heteroatoms. The zero-order valence-electron chi connectivity index (χ0n) is 16.9. The van der Waals surface area contributed by atoms with Gasteiger partial charge in [0.05, 0.1) is 11.6 Å². The minimum Gasteiger partial charge on any atom is -0.372 e. The van der Waals surface area contributed by atoms with Crippen molar-refractivity contribution in [2.75, 3.05) is 44.2 Å². The van der Waals surface area contributed by atoms with Crippen LogP contribution in [0.4, 0.5) is 5.69 Å². The van der Waals surface area contributed by atoms with E-state index in [9.17, 15) is 4.79 Å². The van der Waals surface area contributed by atoms with Gasteiger partial charge in [-0.2, -0.15) is 5.26 Å². The number of anilines is 1. The number of benzene rings is 1. The summed E-state index contributed by atoms with van der Waals surface area (Å²) in [5.41, 5.74) is 1.89. The van der Waals surface area contributed by atoms with Crippen molar-refractivity contribution in [3.63, 3.8) is 0 Å². The Morgan fingerprint density at radius 3 is 2.18 bits per heavy atom. The van der Waals surface area contributed by atoms with Crippen LogP contribution < -0.4 is 4.90 Å². The van der Waals surface area contributed by atoms with E-state index in [-0.39, 0.29) is 0 Å². The maximum Gasteiger partial charge on any atom is 0.222 e. The molecule has 5 nitrogen and oxygen atoms in total. The molecule has 2 heterocycles. The number of piperazine rings is 1.